The zero-order valence-electron chi connectivity index (χ0n) is 16.5. The van der Waals surface area contributed by atoms with E-state index >= 15 is 0 Å². The predicted molar refractivity (Wildman–Crippen MR) is 118 cm³/mol. The average molecular weight is 424 g/mol. The van der Waals surface area contributed by atoms with Crippen LogP contribution in [0.4, 0.5) is 11.5 Å². The fraction of sp³-hybridized carbons (Fsp3) is 0.174. The van der Waals surface area contributed by atoms with Crippen molar-refractivity contribution in [3.63, 3.8) is 0 Å². The van der Waals surface area contributed by atoms with Crippen LogP contribution in [0.15, 0.2) is 72.9 Å². The highest BCUT2D eigenvalue weighted by atomic mass is 35.5. The van der Waals surface area contributed by atoms with E-state index in [0.29, 0.717) is 22.9 Å². The van der Waals surface area contributed by atoms with E-state index in [4.69, 9.17) is 16.3 Å². The van der Waals surface area contributed by atoms with E-state index in [1.165, 1.54) is 6.20 Å². The molecule has 0 spiro atoms. The zero-order valence-corrected chi connectivity index (χ0v) is 17.3. The van der Waals surface area contributed by atoms with Crippen molar-refractivity contribution in [1.82, 2.24) is 4.98 Å². The zero-order chi connectivity index (χ0) is 21.3. The number of pyridine rings is 1. The third-order valence-electron chi connectivity index (χ3n) is 4.36. The molecule has 6 nitrogen and oxygen atoms in total. The lowest BCUT2D eigenvalue weighted by molar-refractivity contribution is -0.145. The van der Waals surface area contributed by atoms with Gasteiger partial charge in [-0.15, -0.1) is 0 Å². The summed E-state index contributed by atoms with van der Waals surface area (Å²) >= 11 is 5.81. The quantitative estimate of drug-likeness (QED) is 0.555. The number of benzene rings is 2. The molecular weight excluding hydrogens is 402 g/mol. The van der Waals surface area contributed by atoms with Crippen LogP contribution in [-0.2, 0) is 20.7 Å². The summed E-state index contributed by atoms with van der Waals surface area (Å²) in [4.78, 5) is 30.1. The molecule has 0 unspecified atom stereocenters. The first-order valence-corrected chi connectivity index (χ1v) is 9.79. The van der Waals surface area contributed by atoms with Crippen LogP contribution >= 0.6 is 11.6 Å². The van der Waals surface area contributed by atoms with Crippen molar-refractivity contribution in [2.45, 2.75) is 6.42 Å². The lowest BCUT2D eigenvalue weighted by Crippen LogP contribution is -2.30. The summed E-state index contributed by atoms with van der Waals surface area (Å²) in [6.45, 7) is -0.396. The predicted octanol–water partition coefficient (Wildman–Crippen LogP) is 3.94. The number of halogens is 1. The Balaban J connectivity index is 1.51. The van der Waals surface area contributed by atoms with Crippen LogP contribution in [0.2, 0.25) is 5.02 Å². The minimum absolute atomic E-state index is 0.0352. The van der Waals surface area contributed by atoms with Crippen LogP contribution in [-0.4, -0.2) is 37.1 Å². The Morgan fingerprint density at radius 2 is 1.77 bits per heavy atom. The fourth-order valence-corrected chi connectivity index (χ4v) is 2.97. The topological polar surface area (TPSA) is 71.5 Å². The molecule has 0 fully saturated rings. The van der Waals surface area contributed by atoms with Crippen molar-refractivity contribution in [3.05, 3.63) is 89.1 Å². The van der Waals surface area contributed by atoms with E-state index in [-0.39, 0.29) is 13.2 Å². The Bertz CT molecular complexity index is 994. The van der Waals surface area contributed by atoms with Crippen molar-refractivity contribution in [3.8, 4) is 0 Å². The van der Waals surface area contributed by atoms with E-state index in [1.54, 1.807) is 24.1 Å². The first kappa shape index (κ1) is 21.3. The van der Waals surface area contributed by atoms with Gasteiger partial charge in [-0.3, -0.25) is 9.59 Å². The SMILES string of the molecule is CN(CC(=O)OCC(=O)Nc1ccccc1Cc1ccccc1)c1ccc(Cl)cn1. The highest BCUT2D eigenvalue weighted by Gasteiger charge is 2.13. The molecule has 0 aliphatic rings. The molecular formula is C23H22ClN3O3. The molecule has 0 atom stereocenters. The van der Waals surface area contributed by atoms with Gasteiger partial charge in [0.2, 0.25) is 0 Å². The van der Waals surface area contributed by atoms with Crippen molar-refractivity contribution in [1.29, 1.82) is 0 Å². The summed E-state index contributed by atoms with van der Waals surface area (Å²) in [7, 11) is 1.71. The fourth-order valence-electron chi connectivity index (χ4n) is 2.86. The standard InChI is InChI=1S/C23H22ClN3O3/c1-27(21-12-11-19(24)14-25-21)15-23(29)30-16-22(28)26-20-10-6-5-9-18(20)13-17-7-3-2-4-8-17/h2-12,14H,13,15-16H2,1H3,(H,26,28). The number of nitrogens with one attached hydrogen (secondary N) is 1. The van der Waals surface area contributed by atoms with Crippen LogP contribution in [0.3, 0.4) is 0 Å². The molecule has 0 aliphatic heterocycles. The Labute approximate surface area is 180 Å². The summed E-state index contributed by atoms with van der Waals surface area (Å²) < 4.78 is 5.10. The maximum absolute atomic E-state index is 12.3. The van der Waals surface area contributed by atoms with E-state index in [1.807, 2.05) is 54.6 Å². The number of carbonyl (C=O) groups is 2. The number of hydrogen-bond acceptors (Lipinski definition) is 5. The Morgan fingerprint density at radius 3 is 2.50 bits per heavy atom. The molecule has 30 heavy (non-hydrogen) atoms. The third-order valence-corrected chi connectivity index (χ3v) is 4.59. The molecule has 3 rings (SSSR count). The second-order valence-corrected chi connectivity index (χ2v) is 7.16. The molecule has 1 N–H and O–H groups in total. The van der Waals surface area contributed by atoms with E-state index < -0.39 is 11.9 Å². The van der Waals surface area contributed by atoms with Gasteiger partial charge < -0.3 is 15.0 Å². The number of ether oxygens (including phenoxy) is 1. The van der Waals surface area contributed by atoms with Gasteiger partial charge >= 0.3 is 5.97 Å². The number of rotatable bonds is 8. The van der Waals surface area contributed by atoms with Crippen LogP contribution in [0.5, 0.6) is 0 Å². The molecule has 0 aliphatic carbocycles. The van der Waals surface area contributed by atoms with Gasteiger partial charge in [0, 0.05) is 18.9 Å². The molecule has 1 heterocycles. The monoisotopic (exact) mass is 423 g/mol. The lowest BCUT2D eigenvalue weighted by atomic mass is 10.0. The number of aromatic nitrogens is 1. The van der Waals surface area contributed by atoms with Crippen molar-refractivity contribution >= 4 is 35.0 Å². The Morgan fingerprint density at radius 1 is 1.03 bits per heavy atom. The number of likely N-dealkylation sites (N-methyl/N-ethyl adjacent to an activating group) is 1. The van der Waals surface area contributed by atoms with E-state index in [0.717, 1.165) is 11.1 Å². The van der Waals surface area contributed by atoms with Gasteiger partial charge in [0.1, 0.15) is 12.4 Å². The summed E-state index contributed by atoms with van der Waals surface area (Å²) in [6.07, 6.45) is 2.19. The third kappa shape index (κ3) is 6.32. The van der Waals surface area contributed by atoms with Gasteiger partial charge in [0.15, 0.2) is 6.61 Å². The van der Waals surface area contributed by atoms with Gasteiger partial charge in [-0.25, -0.2) is 4.98 Å². The molecule has 0 saturated heterocycles. The first-order valence-electron chi connectivity index (χ1n) is 9.41. The minimum atomic E-state index is -0.526. The largest absolute Gasteiger partial charge is 0.454 e. The minimum Gasteiger partial charge on any atom is -0.454 e. The summed E-state index contributed by atoms with van der Waals surface area (Å²) in [5.41, 5.74) is 2.83. The number of amides is 1. The van der Waals surface area contributed by atoms with Crippen LogP contribution in [0.1, 0.15) is 11.1 Å². The molecule has 0 bridgehead atoms. The molecule has 1 aromatic heterocycles. The van der Waals surface area contributed by atoms with Crippen LogP contribution < -0.4 is 10.2 Å². The highest BCUT2D eigenvalue weighted by Crippen LogP contribution is 2.19. The molecule has 0 saturated carbocycles. The Kier molecular flexibility index (Phi) is 7.40. The van der Waals surface area contributed by atoms with Gasteiger partial charge in [-0.1, -0.05) is 60.1 Å². The maximum Gasteiger partial charge on any atom is 0.326 e. The number of carbonyl (C=O) groups excluding carboxylic acids is 2. The van der Waals surface area contributed by atoms with Crippen molar-refractivity contribution in [2.24, 2.45) is 0 Å². The number of hydrogen-bond donors (Lipinski definition) is 1. The summed E-state index contributed by atoms with van der Waals surface area (Å²) in [6, 6.07) is 20.9. The molecule has 7 heteroatoms. The van der Waals surface area contributed by atoms with Gasteiger partial charge in [0.05, 0.1) is 5.02 Å². The van der Waals surface area contributed by atoms with E-state index in [2.05, 4.69) is 10.3 Å². The molecule has 154 valence electrons. The van der Waals surface area contributed by atoms with Crippen LogP contribution in [0, 0.1) is 0 Å². The molecule has 2 aromatic carbocycles. The Hall–Kier alpha value is -3.38. The first-order chi connectivity index (χ1) is 14.5. The van der Waals surface area contributed by atoms with Gasteiger partial charge in [-0.05, 0) is 35.7 Å². The summed E-state index contributed by atoms with van der Waals surface area (Å²) in [5, 5.41) is 3.33. The van der Waals surface area contributed by atoms with E-state index in [9.17, 15) is 9.59 Å². The second kappa shape index (κ2) is 10.4. The molecule has 3 aromatic rings. The average Bonchev–Trinajstić information content (AvgIpc) is 2.75. The number of esters is 1. The number of anilines is 2. The number of para-hydroxylation sites is 1. The second-order valence-electron chi connectivity index (χ2n) is 6.72. The number of nitrogens with zero attached hydrogens (tertiary/aromatic N) is 2. The smallest absolute Gasteiger partial charge is 0.326 e. The highest BCUT2D eigenvalue weighted by molar-refractivity contribution is 6.30. The molecule has 0 radical (unpaired) electrons. The maximum atomic E-state index is 12.3. The van der Waals surface area contributed by atoms with Gasteiger partial charge in [-0.2, -0.15) is 0 Å². The summed E-state index contributed by atoms with van der Waals surface area (Å²) in [5.74, 6) is -0.339. The van der Waals surface area contributed by atoms with Crippen molar-refractivity contribution in [2.75, 3.05) is 30.4 Å². The molecule has 1 amide bonds. The lowest BCUT2D eigenvalue weighted by Gasteiger charge is -2.17. The van der Waals surface area contributed by atoms with Crippen LogP contribution in [0.25, 0.3) is 0 Å². The normalized spacial score (nSPS) is 10.3. The van der Waals surface area contributed by atoms with Gasteiger partial charge in [0.25, 0.3) is 5.91 Å². The van der Waals surface area contributed by atoms with Crippen molar-refractivity contribution < 1.29 is 14.3 Å².